The van der Waals surface area contributed by atoms with Crippen molar-refractivity contribution in [2.75, 3.05) is 32.4 Å². The summed E-state index contributed by atoms with van der Waals surface area (Å²) in [5, 5.41) is 4.30. The highest BCUT2D eigenvalue weighted by atomic mass is 32.2. The number of benzene rings is 1. The lowest BCUT2D eigenvalue weighted by molar-refractivity contribution is 0.270. The molecule has 8 heteroatoms. The average molecular weight is 335 g/mol. The fourth-order valence-corrected chi connectivity index (χ4v) is 3.67. The molecule has 1 aliphatic rings. The zero-order valence-corrected chi connectivity index (χ0v) is 14.0. The molecular formula is C15H21N5O2S. The molecule has 2 heterocycles. The van der Waals surface area contributed by atoms with Crippen LogP contribution in [0.1, 0.15) is 12.2 Å². The summed E-state index contributed by atoms with van der Waals surface area (Å²) in [7, 11) is -3.11. The molecule has 124 valence electrons. The third-order valence-electron chi connectivity index (χ3n) is 4.00. The van der Waals surface area contributed by atoms with E-state index in [1.807, 2.05) is 35.0 Å². The highest BCUT2D eigenvalue weighted by Gasteiger charge is 2.22. The van der Waals surface area contributed by atoms with Gasteiger partial charge in [0.15, 0.2) is 0 Å². The van der Waals surface area contributed by atoms with Crippen LogP contribution in [0.2, 0.25) is 0 Å². The fourth-order valence-electron chi connectivity index (χ4n) is 2.80. The Labute approximate surface area is 136 Å². The summed E-state index contributed by atoms with van der Waals surface area (Å²) in [6.45, 7) is 3.33. The SMILES string of the molecule is CS(=O)(=O)N1CCCN(Cc2ncnn2-c2ccccc2)CC1. The van der Waals surface area contributed by atoms with Crippen molar-refractivity contribution >= 4 is 10.0 Å². The van der Waals surface area contributed by atoms with Crippen LogP contribution in [-0.2, 0) is 16.6 Å². The molecule has 0 spiro atoms. The van der Waals surface area contributed by atoms with Gasteiger partial charge in [0.25, 0.3) is 0 Å². The van der Waals surface area contributed by atoms with E-state index in [1.165, 1.54) is 6.26 Å². The maximum atomic E-state index is 11.7. The predicted octanol–water partition coefficient (Wildman–Crippen LogP) is 0.735. The van der Waals surface area contributed by atoms with Gasteiger partial charge in [-0.15, -0.1) is 0 Å². The first-order valence-electron chi connectivity index (χ1n) is 7.66. The third kappa shape index (κ3) is 3.95. The fraction of sp³-hybridized carbons (Fsp3) is 0.467. The third-order valence-corrected chi connectivity index (χ3v) is 5.30. The van der Waals surface area contributed by atoms with Crippen molar-refractivity contribution in [3.8, 4) is 5.69 Å². The van der Waals surface area contributed by atoms with Crippen LogP contribution in [0.3, 0.4) is 0 Å². The minimum atomic E-state index is -3.11. The second-order valence-electron chi connectivity index (χ2n) is 5.72. The first-order chi connectivity index (χ1) is 11.0. The normalized spacial score (nSPS) is 18.0. The number of nitrogens with zero attached hydrogens (tertiary/aromatic N) is 5. The lowest BCUT2D eigenvalue weighted by Crippen LogP contribution is -2.34. The van der Waals surface area contributed by atoms with E-state index in [1.54, 1.807) is 10.6 Å². The topological polar surface area (TPSA) is 71.3 Å². The quantitative estimate of drug-likeness (QED) is 0.824. The van der Waals surface area contributed by atoms with Gasteiger partial charge >= 0.3 is 0 Å². The van der Waals surface area contributed by atoms with E-state index in [4.69, 9.17) is 0 Å². The Morgan fingerprint density at radius 1 is 1.09 bits per heavy atom. The predicted molar refractivity (Wildman–Crippen MR) is 87.7 cm³/mol. The number of aromatic nitrogens is 3. The lowest BCUT2D eigenvalue weighted by Gasteiger charge is -2.20. The van der Waals surface area contributed by atoms with Crippen molar-refractivity contribution in [2.24, 2.45) is 0 Å². The van der Waals surface area contributed by atoms with Crippen LogP contribution in [-0.4, -0.2) is 64.8 Å². The summed E-state index contributed by atoms with van der Waals surface area (Å²) in [6, 6.07) is 9.89. The van der Waals surface area contributed by atoms with E-state index in [9.17, 15) is 8.42 Å². The van der Waals surface area contributed by atoms with Crippen molar-refractivity contribution in [3.05, 3.63) is 42.5 Å². The van der Waals surface area contributed by atoms with E-state index >= 15 is 0 Å². The van der Waals surface area contributed by atoms with Gasteiger partial charge in [-0.1, -0.05) is 18.2 Å². The minimum Gasteiger partial charge on any atom is -0.295 e. The van der Waals surface area contributed by atoms with Crippen LogP contribution in [0.15, 0.2) is 36.7 Å². The zero-order chi connectivity index (χ0) is 16.3. The maximum Gasteiger partial charge on any atom is 0.211 e. The Morgan fingerprint density at radius 2 is 1.87 bits per heavy atom. The van der Waals surface area contributed by atoms with Gasteiger partial charge in [-0.05, 0) is 25.1 Å². The molecule has 0 amide bonds. The summed E-state index contributed by atoms with van der Waals surface area (Å²) in [6.07, 6.45) is 3.66. The molecule has 0 bridgehead atoms. The van der Waals surface area contributed by atoms with Crippen molar-refractivity contribution in [1.82, 2.24) is 24.0 Å². The summed E-state index contributed by atoms with van der Waals surface area (Å²) >= 11 is 0. The van der Waals surface area contributed by atoms with Gasteiger partial charge in [0, 0.05) is 19.6 Å². The molecular weight excluding hydrogens is 314 g/mol. The molecule has 1 fully saturated rings. The molecule has 1 aromatic carbocycles. The molecule has 7 nitrogen and oxygen atoms in total. The molecule has 0 N–H and O–H groups in total. The maximum absolute atomic E-state index is 11.7. The first kappa shape index (κ1) is 16.1. The monoisotopic (exact) mass is 335 g/mol. The van der Waals surface area contributed by atoms with Crippen LogP contribution in [0, 0.1) is 0 Å². The summed E-state index contributed by atoms with van der Waals surface area (Å²) in [4.78, 5) is 6.59. The molecule has 3 rings (SSSR count). The van der Waals surface area contributed by atoms with E-state index in [2.05, 4.69) is 15.0 Å². The molecule has 0 unspecified atom stereocenters. The molecule has 23 heavy (non-hydrogen) atoms. The van der Waals surface area contributed by atoms with Crippen molar-refractivity contribution in [3.63, 3.8) is 0 Å². The minimum absolute atomic E-state index is 0.526. The van der Waals surface area contributed by atoms with Crippen molar-refractivity contribution < 1.29 is 8.42 Å². The van der Waals surface area contributed by atoms with Gasteiger partial charge in [-0.25, -0.2) is 22.4 Å². The number of rotatable bonds is 4. The van der Waals surface area contributed by atoms with E-state index in [0.717, 1.165) is 24.5 Å². The number of hydrogen-bond acceptors (Lipinski definition) is 5. The highest BCUT2D eigenvalue weighted by Crippen LogP contribution is 2.12. The van der Waals surface area contributed by atoms with E-state index in [-0.39, 0.29) is 0 Å². The Kier molecular flexibility index (Phi) is 4.74. The summed E-state index contributed by atoms with van der Waals surface area (Å²) in [5.74, 6) is 0.865. The molecule has 1 saturated heterocycles. The van der Waals surface area contributed by atoms with Crippen LogP contribution < -0.4 is 0 Å². The van der Waals surface area contributed by atoms with Gasteiger partial charge in [-0.2, -0.15) is 5.10 Å². The second kappa shape index (κ2) is 6.77. The van der Waals surface area contributed by atoms with Crippen molar-refractivity contribution in [1.29, 1.82) is 0 Å². The average Bonchev–Trinajstić information content (AvgIpc) is 2.84. The highest BCUT2D eigenvalue weighted by molar-refractivity contribution is 7.88. The van der Waals surface area contributed by atoms with Gasteiger partial charge in [0.05, 0.1) is 18.5 Å². The smallest absolute Gasteiger partial charge is 0.211 e. The Balaban J connectivity index is 1.70. The van der Waals surface area contributed by atoms with Crippen molar-refractivity contribution in [2.45, 2.75) is 13.0 Å². The standard InChI is InChI=1S/C15H21N5O2S/c1-23(21,22)19-9-5-8-18(10-11-19)12-15-16-13-17-20(15)14-6-3-2-4-7-14/h2-4,6-7,13H,5,8-12H2,1H3. The van der Waals surface area contributed by atoms with Crippen LogP contribution >= 0.6 is 0 Å². The van der Waals surface area contributed by atoms with Gasteiger partial charge in [0.1, 0.15) is 12.2 Å². The largest absolute Gasteiger partial charge is 0.295 e. The number of para-hydroxylation sites is 1. The lowest BCUT2D eigenvalue weighted by atomic mass is 10.3. The Bertz CT molecular complexity index is 744. The number of hydrogen-bond donors (Lipinski definition) is 0. The molecule has 0 saturated carbocycles. The molecule has 1 aromatic heterocycles. The molecule has 0 aliphatic carbocycles. The van der Waals surface area contributed by atoms with E-state index in [0.29, 0.717) is 26.2 Å². The van der Waals surface area contributed by atoms with Gasteiger partial charge in [-0.3, -0.25) is 4.90 Å². The number of sulfonamides is 1. The summed E-state index contributed by atoms with van der Waals surface area (Å²) in [5.41, 5.74) is 0.979. The Hall–Kier alpha value is -1.77. The first-order valence-corrected chi connectivity index (χ1v) is 9.51. The molecule has 2 aromatic rings. The van der Waals surface area contributed by atoms with Gasteiger partial charge in [0.2, 0.25) is 10.0 Å². The molecule has 0 radical (unpaired) electrons. The van der Waals surface area contributed by atoms with Gasteiger partial charge < -0.3 is 0 Å². The summed E-state index contributed by atoms with van der Waals surface area (Å²) < 4.78 is 26.7. The van der Waals surface area contributed by atoms with E-state index < -0.39 is 10.0 Å². The van der Waals surface area contributed by atoms with Crippen LogP contribution in [0.5, 0.6) is 0 Å². The van der Waals surface area contributed by atoms with Crippen LogP contribution in [0.4, 0.5) is 0 Å². The zero-order valence-electron chi connectivity index (χ0n) is 13.2. The molecule has 0 atom stereocenters. The molecule has 1 aliphatic heterocycles. The van der Waals surface area contributed by atoms with Crippen LogP contribution in [0.25, 0.3) is 5.69 Å². The Morgan fingerprint density at radius 3 is 2.61 bits per heavy atom. The second-order valence-corrected chi connectivity index (χ2v) is 7.70.